The van der Waals surface area contributed by atoms with E-state index >= 15 is 0 Å². The van der Waals surface area contributed by atoms with Gasteiger partial charge in [0, 0.05) is 12.2 Å². The van der Waals surface area contributed by atoms with Crippen molar-refractivity contribution in [1.29, 1.82) is 0 Å². The van der Waals surface area contributed by atoms with Crippen LogP contribution in [0.15, 0.2) is 39.9 Å². The van der Waals surface area contributed by atoms with E-state index < -0.39 is 10.0 Å². The van der Waals surface area contributed by atoms with Gasteiger partial charge in [0.2, 0.25) is 10.0 Å². The van der Waals surface area contributed by atoms with Crippen molar-refractivity contribution >= 4 is 32.7 Å². The molecule has 0 fully saturated rings. The zero-order chi connectivity index (χ0) is 13.2. The molecule has 2 aromatic rings. The third kappa shape index (κ3) is 3.00. The number of nitrogens with two attached hydrogens (primary N) is 2. The van der Waals surface area contributed by atoms with Crippen LogP contribution in [0.5, 0.6) is 0 Å². The number of primary sulfonamides is 1. The van der Waals surface area contributed by atoms with Crippen LogP contribution < -0.4 is 16.2 Å². The smallest absolute Gasteiger partial charge is 0.240 e. The fourth-order valence-corrected chi connectivity index (χ4v) is 2.93. The molecule has 0 radical (unpaired) electrons. The molecule has 0 spiro atoms. The fraction of sp³-hybridized carbons (Fsp3) is 0.0909. The predicted octanol–water partition coefficient (Wildman–Crippen LogP) is 1.59. The summed E-state index contributed by atoms with van der Waals surface area (Å²) in [5.74, 6) is 0. The second kappa shape index (κ2) is 4.97. The van der Waals surface area contributed by atoms with Crippen LogP contribution in [0.1, 0.15) is 5.56 Å². The van der Waals surface area contributed by atoms with E-state index in [-0.39, 0.29) is 4.90 Å². The van der Waals surface area contributed by atoms with Crippen molar-refractivity contribution in [3.05, 3.63) is 40.6 Å². The first-order valence-corrected chi connectivity index (χ1v) is 7.63. The van der Waals surface area contributed by atoms with E-state index in [1.165, 1.54) is 6.07 Å². The monoisotopic (exact) mass is 283 g/mol. The molecular formula is C11H13N3O2S2. The van der Waals surface area contributed by atoms with Crippen LogP contribution in [0.25, 0.3) is 0 Å². The van der Waals surface area contributed by atoms with Crippen LogP contribution in [0, 0.1) is 0 Å². The Balaban J connectivity index is 2.27. The summed E-state index contributed by atoms with van der Waals surface area (Å²) in [5, 5.41) is 12.1. The molecule has 1 aromatic carbocycles. The highest BCUT2D eigenvalue weighted by atomic mass is 32.2. The zero-order valence-corrected chi connectivity index (χ0v) is 11.1. The van der Waals surface area contributed by atoms with E-state index in [1.807, 2.05) is 16.8 Å². The van der Waals surface area contributed by atoms with Gasteiger partial charge in [-0.1, -0.05) is 0 Å². The standard InChI is InChI=1S/C11H13N3O2S2/c12-9-1-2-10(11(5-9)18(13,15)16)14-6-8-3-4-17-7-8/h1-5,7,14H,6,12H2,(H2,13,15,16). The Morgan fingerprint density at radius 3 is 2.67 bits per heavy atom. The average Bonchev–Trinajstić information content (AvgIpc) is 2.79. The van der Waals surface area contributed by atoms with Gasteiger partial charge in [-0.15, -0.1) is 0 Å². The van der Waals surface area contributed by atoms with Gasteiger partial charge in [0.25, 0.3) is 0 Å². The molecule has 7 heteroatoms. The summed E-state index contributed by atoms with van der Waals surface area (Å²) >= 11 is 1.58. The minimum absolute atomic E-state index is 0.0118. The van der Waals surface area contributed by atoms with Crippen molar-refractivity contribution < 1.29 is 8.42 Å². The molecule has 0 unspecified atom stereocenters. The van der Waals surface area contributed by atoms with Gasteiger partial charge in [-0.05, 0) is 40.6 Å². The number of nitrogens with one attached hydrogen (secondary N) is 1. The quantitative estimate of drug-likeness (QED) is 0.742. The van der Waals surface area contributed by atoms with Crippen molar-refractivity contribution in [1.82, 2.24) is 0 Å². The average molecular weight is 283 g/mol. The lowest BCUT2D eigenvalue weighted by atomic mass is 10.2. The highest BCUT2D eigenvalue weighted by Crippen LogP contribution is 2.23. The normalized spacial score (nSPS) is 11.4. The topological polar surface area (TPSA) is 98.2 Å². The molecule has 0 saturated heterocycles. The summed E-state index contributed by atoms with van der Waals surface area (Å²) in [5.41, 5.74) is 7.47. The van der Waals surface area contributed by atoms with E-state index in [1.54, 1.807) is 23.5 Å². The summed E-state index contributed by atoms with van der Waals surface area (Å²) in [6, 6.07) is 6.56. The number of rotatable bonds is 4. The predicted molar refractivity (Wildman–Crippen MR) is 73.9 cm³/mol. The van der Waals surface area contributed by atoms with Gasteiger partial charge in [0.05, 0.1) is 5.69 Å². The Bertz CT molecular complexity index is 636. The van der Waals surface area contributed by atoms with Gasteiger partial charge in [-0.2, -0.15) is 11.3 Å². The minimum atomic E-state index is -3.79. The molecular weight excluding hydrogens is 270 g/mol. The fourth-order valence-electron chi connectivity index (χ4n) is 1.51. The van der Waals surface area contributed by atoms with Crippen LogP contribution in [0.2, 0.25) is 0 Å². The molecule has 2 rings (SSSR count). The first kappa shape index (κ1) is 12.9. The van der Waals surface area contributed by atoms with Gasteiger partial charge in [0.15, 0.2) is 0 Å². The molecule has 1 aromatic heterocycles. The first-order valence-electron chi connectivity index (χ1n) is 5.14. The minimum Gasteiger partial charge on any atom is -0.399 e. The number of sulfonamides is 1. The van der Waals surface area contributed by atoms with Crippen molar-refractivity contribution in [3.8, 4) is 0 Å². The molecule has 0 saturated carbocycles. The molecule has 0 aliphatic heterocycles. The van der Waals surface area contributed by atoms with Crippen LogP contribution >= 0.6 is 11.3 Å². The Labute approximate surface area is 109 Å². The molecule has 18 heavy (non-hydrogen) atoms. The third-order valence-electron chi connectivity index (χ3n) is 2.38. The molecule has 1 heterocycles. The lowest BCUT2D eigenvalue weighted by Crippen LogP contribution is -2.15. The SMILES string of the molecule is Nc1ccc(NCc2ccsc2)c(S(N)(=O)=O)c1. The largest absolute Gasteiger partial charge is 0.399 e. The number of benzene rings is 1. The van der Waals surface area contributed by atoms with E-state index in [0.29, 0.717) is 17.9 Å². The number of hydrogen-bond acceptors (Lipinski definition) is 5. The Morgan fingerprint density at radius 2 is 2.06 bits per heavy atom. The number of anilines is 2. The Morgan fingerprint density at radius 1 is 1.28 bits per heavy atom. The highest BCUT2D eigenvalue weighted by Gasteiger charge is 2.14. The summed E-state index contributed by atoms with van der Waals surface area (Å²) in [7, 11) is -3.79. The van der Waals surface area contributed by atoms with Crippen LogP contribution in [-0.4, -0.2) is 8.42 Å². The van der Waals surface area contributed by atoms with Gasteiger partial charge >= 0.3 is 0 Å². The van der Waals surface area contributed by atoms with Gasteiger partial charge in [-0.3, -0.25) is 0 Å². The molecule has 0 aliphatic carbocycles. The molecule has 5 nitrogen and oxygen atoms in total. The lowest BCUT2D eigenvalue weighted by molar-refractivity contribution is 0.598. The van der Waals surface area contributed by atoms with Crippen LogP contribution in [0.4, 0.5) is 11.4 Å². The van der Waals surface area contributed by atoms with Crippen molar-refractivity contribution in [3.63, 3.8) is 0 Å². The van der Waals surface area contributed by atoms with Crippen LogP contribution in [-0.2, 0) is 16.6 Å². The maximum absolute atomic E-state index is 11.5. The molecule has 5 N–H and O–H groups in total. The summed E-state index contributed by atoms with van der Waals surface area (Å²) in [6.45, 7) is 0.538. The highest BCUT2D eigenvalue weighted by molar-refractivity contribution is 7.89. The number of hydrogen-bond donors (Lipinski definition) is 3. The van der Waals surface area contributed by atoms with E-state index in [9.17, 15) is 8.42 Å². The van der Waals surface area contributed by atoms with E-state index in [2.05, 4.69) is 5.32 Å². The molecule has 0 amide bonds. The second-order valence-electron chi connectivity index (χ2n) is 3.79. The number of thiophene rings is 1. The van der Waals surface area contributed by atoms with Gasteiger partial charge in [-0.25, -0.2) is 13.6 Å². The third-order valence-corrected chi connectivity index (χ3v) is 4.06. The second-order valence-corrected chi connectivity index (χ2v) is 6.10. The van der Waals surface area contributed by atoms with Gasteiger partial charge < -0.3 is 11.1 Å². The molecule has 96 valence electrons. The van der Waals surface area contributed by atoms with E-state index in [0.717, 1.165) is 5.56 Å². The molecule has 0 aliphatic rings. The Hall–Kier alpha value is -1.57. The van der Waals surface area contributed by atoms with Crippen molar-refractivity contribution in [2.75, 3.05) is 11.1 Å². The van der Waals surface area contributed by atoms with Gasteiger partial charge in [0.1, 0.15) is 4.90 Å². The maximum Gasteiger partial charge on any atom is 0.240 e. The lowest BCUT2D eigenvalue weighted by Gasteiger charge is -2.10. The summed E-state index contributed by atoms with van der Waals surface area (Å²) in [6.07, 6.45) is 0. The summed E-state index contributed by atoms with van der Waals surface area (Å²) < 4.78 is 22.9. The number of nitrogen functional groups attached to an aromatic ring is 1. The van der Waals surface area contributed by atoms with Crippen molar-refractivity contribution in [2.24, 2.45) is 5.14 Å². The maximum atomic E-state index is 11.5. The van der Waals surface area contributed by atoms with E-state index in [4.69, 9.17) is 10.9 Å². The molecule has 0 atom stereocenters. The molecule has 0 bridgehead atoms. The summed E-state index contributed by atoms with van der Waals surface area (Å²) in [4.78, 5) is 0.0118. The van der Waals surface area contributed by atoms with Crippen LogP contribution in [0.3, 0.4) is 0 Å². The van der Waals surface area contributed by atoms with Crippen molar-refractivity contribution in [2.45, 2.75) is 11.4 Å². The first-order chi connectivity index (χ1) is 8.47. The zero-order valence-electron chi connectivity index (χ0n) is 9.46. The Kier molecular flexibility index (Phi) is 3.55.